The Morgan fingerprint density at radius 3 is 2.52 bits per heavy atom. The lowest BCUT2D eigenvalue weighted by Crippen LogP contribution is -2.22. The number of primary sulfonamides is 1. The smallest absolute Gasteiger partial charge is 0.252 e. The van der Waals surface area contributed by atoms with Crippen LogP contribution in [0.25, 0.3) is 0 Å². The fourth-order valence-electron chi connectivity index (χ4n) is 1.61. The Bertz CT molecular complexity index is 736. The third-order valence-corrected chi connectivity index (χ3v) is 5.12. The van der Waals surface area contributed by atoms with E-state index in [4.69, 9.17) is 9.88 Å². The lowest BCUT2D eigenvalue weighted by atomic mass is 10.2. The number of ether oxygens (including phenoxy) is 1. The van der Waals surface area contributed by atoms with Crippen LogP contribution in [0.1, 0.15) is 15.9 Å². The van der Waals surface area contributed by atoms with Gasteiger partial charge in [0.15, 0.2) is 0 Å². The van der Waals surface area contributed by atoms with E-state index in [1.807, 2.05) is 12.1 Å². The highest BCUT2D eigenvalue weighted by Gasteiger charge is 2.14. The lowest BCUT2D eigenvalue weighted by Gasteiger charge is -2.05. The molecule has 2 aromatic rings. The van der Waals surface area contributed by atoms with Crippen molar-refractivity contribution in [2.75, 3.05) is 7.11 Å². The topological polar surface area (TPSA) is 98.5 Å². The molecule has 3 N–H and O–H groups in total. The summed E-state index contributed by atoms with van der Waals surface area (Å²) in [4.78, 5) is 11.9. The van der Waals surface area contributed by atoms with Crippen molar-refractivity contribution in [2.45, 2.75) is 10.8 Å². The van der Waals surface area contributed by atoms with Crippen LogP contribution in [0.2, 0.25) is 0 Å². The molecule has 8 heteroatoms. The van der Waals surface area contributed by atoms with Crippen LogP contribution >= 0.6 is 11.3 Å². The SMILES string of the molecule is COc1ccc(CNC(=O)c2csc(S(N)(=O)=O)c2)cc1. The van der Waals surface area contributed by atoms with Gasteiger partial charge in [-0.2, -0.15) is 0 Å². The standard InChI is InChI=1S/C13H14N2O4S2/c1-19-11-4-2-9(3-5-11)7-15-13(16)10-6-12(20-8-10)21(14,17)18/h2-6,8H,7H2,1H3,(H,15,16)(H2,14,17,18). The van der Waals surface area contributed by atoms with E-state index >= 15 is 0 Å². The number of nitrogens with two attached hydrogens (primary N) is 1. The second kappa shape index (κ2) is 6.25. The average molecular weight is 326 g/mol. The molecule has 1 aromatic heterocycles. The maximum absolute atomic E-state index is 11.9. The quantitative estimate of drug-likeness (QED) is 0.866. The van der Waals surface area contributed by atoms with E-state index in [2.05, 4.69) is 5.32 Å². The molecule has 112 valence electrons. The van der Waals surface area contributed by atoms with Gasteiger partial charge in [0.2, 0.25) is 10.0 Å². The van der Waals surface area contributed by atoms with Gasteiger partial charge in [-0.3, -0.25) is 4.79 Å². The summed E-state index contributed by atoms with van der Waals surface area (Å²) in [5, 5.41) is 9.17. The van der Waals surface area contributed by atoms with Crippen molar-refractivity contribution in [3.63, 3.8) is 0 Å². The van der Waals surface area contributed by atoms with Crippen LogP contribution in [0.4, 0.5) is 0 Å². The van der Waals surface area contributed by atoms with Gasteiger partial charge in [0.05, 0.1) is 12.7 Å². The maximum atomic E-state index is 11.9. The van der Waals surface area contributed by atoms with Crippen molar-refractivity contribution in [3.05, 3.63) is 46.8 Å². The number of nitrogens with one attached hydrogen (secondary N) is 1. The summed E-state index contributed by atoms with van der Waals surface area (Å²) in [6, 6.07) is 8.53. The van der Waals surface area contributed by atoms with Crippen LogP contribution in [0.15, 0.2) is 39.9 Å². The zero-order valence-corrected chi connectivity index (χ0v) is 12.8. The molecule has 0 bridgehead atoms. The molecule has 6 nitrogen and oxygen atoms in total. The lowest BCUT2D eigenvalue weighted by molar-refractivity contribution is 0.0951. The number of carbonyl (C=O) groups is 1. The van der Waals surface area contributed by atoms with E-state index in [0.717, 1.165) is 22.6 Å². The van der Waals surface area contributed by atoms with Gasteiger partial charge in [-0.05, 0) is 23.8 Å². The minimum Gasteiger partial charge on any atom is -0.497 e. The zero-order chi connectivity index (χ0) is 15.5. The van der Waals surface area contributed by atoms with Gasteiger partial charge in [0.25, 0.3) is 5.91 Å². The van der Waals surface area contributed by atoms with Gasteiger partial charge in [0, 0.05) is 11.9 Å². The first-order chi connectivity index (χ1) is 9.90. The van der Waals surface area contributed by atoms with Crippen molar-refractivity contribution in [2.24, 2.45) is 5.14 Å². The number of amides is 1. The monoisotopic (exact) mass is 326 g/mol. The molecule has 0 aliphatic rings. The van der Waals surface area contributed by atoms with Crippen molar-refractivity contribution < 1.29 is 17.9 Å². The summed E-state index contributed by atoms with van der Waals surface area (Å²) in [5.41, 5.74) is 1.18. The number of carbonyl (C=O) groups excluding carboxylic acids is 1. The number of methoxy groups -OCH3 is 1. The molecule has 0 aliphatic heterocycles. The van der Waals surface area contributed by atoms with E-state index < -0.39 is 10.0 Å². The molecule has 1 amide bonds. The molecule has 0 radical (unpaired) electrons. The van der Waals surface area contributed by atoms with Crippen molar-refractivity contribution in [1.29, 1.82) is 0 Å². The van der Waals surface area contributed by atoms with Crippen LogP contribution in [-0.2, 0) is 16.6 Å². The first-order valence-corrected chi connectivity index (χ1v) is 8.35. The van der Waals surface area contributed by atoms with Crippen LogP contribution in [-0.4, -0.2) is 21.4 Å². The van der Waals surface area contributed by atoms with E-state index in [0.29, 0.717) is 6.54 Å². The minimum absolute atomic E-state index is 0.0305. The molecule has 1 aromatic carbocycles. The van der Waals surface area contributed by atoms with E-state index in [9.17, 15) is 13.2 Å². The number of hydrogen-bond donors (Lipinski definition) is 2. The Labute approximate surface area is 126 Å². The van der Waals surface area contributed by atoms with Crippen LogP contribution in [0, 0.1) is 0 Å². The zero-order valence-electron chi connectivity index (χ0n) is 11.2. The Hall–Kier alpha value is -1.90. The fourth-order valence-corrected chi connectivity index (χ4v) is 3.20. The molecular formula is C13H14N2O4S2. The van der Waals surface area contributed by atoms with E-state index in [1.54, 1.807) is 19.2 Å². The van der Waals surface area contributed by atoms with Crippen molar-refractivity contribution in [3.8, 4) is 5.75 Å². The van der Waals surface area contributed by atoms with Crippen LogP contribution < -0.4 is 15.2 Å². The minimum atomic E-state index is -3.77. The number of benzene rings is 1. The Kier molecular flexibility index (Phi) is 4.61. The largest absolute Gasteiger partial charge is 0.497 e. The molecule has 0 aliphatic carbocycles. The Balaban J connectivity index is 1.99. The predicted molar refractivity (Wildman–Crippen MR) is 79.9 cm³/mol. The summed E-state index contributed by atoms with van der Waals surface area (Å²) >= 11 is 0.921. The van der Waals surface area contributed by atoms with E-state index in [1.165, 1.54) is 11.4 Å². The predicted octanol–water partition coefficient (Wildman–Crippen LogP) is 1.33. The molecule has 21 heavy (non-hydrogen) atoms. The molecule has 0 atom stereocenters. The maximum Gasteiger partial charge on any atom is 0.252 e. The summed E-state index contributed by atoms with van der Waals surface area (Å²) in [7, 11) is -2.19. The molecule has 0 fully saturated rings. The Morgan fingerprint density at radius 2 is 2.00 bits per heavy atom. The molecule has 0 saturated heterocycles. The molecule has 0 saturated carbocycles. The third-order valence-electron chi connectivity index (χ3n) is 2.73. The van der Waals surface area contributed by atoms with Gasteiger partial charge in [-0.15, -0.1) is 11.3 Å². The first kappa shape index (κ1) is 15.5. The van der Waals surface area contributed by atoms with Gasteiger partial charge >= 0.3 is 0 Å². The number of thiophene rings is 1. The Morgan fingerprint density at radius 1 is 1.33 bits per heavy atom. The first-order valence-electron chi connectivity index (χ1n) is 5.92. The third kappa shape index (κ3) is 4.03. The van der Waals surface area contributed by atoms with Gasteiger partial charge in [-0.1, -0.05) is 12.1 Å². The fraction of sp³-hybridized carbons (Fsp3) is 0.154. The highest BCUT2D eigenvalue weighted by Crippen LogP contribution is 2.19. The van der Waals surface area contributed by atoms with Crippen LogP contribution in [0.5, 0.6) is 5.75 Å². The highest BCUT2D eigenvalue weighted by atomic mass is 32.2. The number of sulfonamides is 1. The summed E-state index contributed by atoms with van der Waals surface area (Å²) < 4.78 is 27.3. The molecular weight excluding hydrogens is 312 g/mol. The molecule has 0 spiro atoms. The molecule has 2 rings (SSSR count). The summed E-state index contributed by atoms with van der Waals surface area (Å²) in [6.45, 7) is 0.337. The molecule has 1 heterocycles. The van der Waals surface area contributed by atoms with Gasteiger partial charge in [-0.25, -0.2) is 13.6 Å². The summed E-state index contributed by atoms with van der Waals surface area (Å²) in [6.07, 6.45) is 0. The summed E-state index contributed by atoms with van der Waals surface area (Å²) in [5.74, 6) is 0.387. The average Bonchev–Trinajstić information content (AvgIpc) is 2.95. The van der Waals surface area contributed by atoms with Crippen molar-refractivity contribution >= 4 is 27.3 Å². The molecule has 0 unspecified atom stereocenters. The number of hydrogen-bond acceptors (Lipinski definition) is 5. The van der Waals surface area contributed by atoms with Gasteiger partial charge < -0.3 is 10.1 Å². The van der Waals surface area contributed by atoms with Gasteiger partial charge in [0.1, 0.15) is 9.96 Å². The normalized spacial score (nSPS) is 11.1. The second-order valence-corrected chi connectivity index (χ2v) is 6.93. The number of rotatable bonds is 5. The van der Waals surface area contributed by atoms with Crippen LogP contribution in [0.3, 0.4) is 0 Å². The van der Waals surface area contributed by atoms with Crippen molar-refractivity contribution in [1.82, 2.24) is 5.32 Å². The highest BCUT2D eigenvalue weighted by molar-refractivity contribution is 7.91. The van der Waals surface area contributed by atoms with E-state index in [-0.39, 0.29) is 15.7 Å². The second-order valence-electron chi connectivity index (χ2n) is 4.23.